The predicted octanol–water partition coefficient (Wildman–Crippen LogP) is 2.04. The SMILES string of the molecule is COCC1CCN(c2nncc(-c3cc(OC)c(OC)c(OC)c3)n2)C1. The van der Waals surface area contributed by atoms with Gasteiger partial charge in [-0.25, -0.2) is 4.98 Å². The molecule has 2 heterocycles. The minimum atomic E-state index is 0.494. The monoisotopic (exact) mass is 360 g/mol. The van der Waals surface area contributed by atoms with E-state index in [9.17, 15) is 0 Å². The molecule has 8 nitrogen and oxygen atoms in total. The lowest BCUT2D eigenvalue weighted by Crippen LogP contribution is -2.23. The number of nitrogens with zero attached hydrogens (tertiary/aromatic N) is 4. The van der Waals surface area contributed by atoms with Crippen molar-refractivity contribution in [1.82, 2.24) is 15.2 Å². The number of aromatic nitrogens is 3. The number of ether oxygens (including phenoxy) is 4. The van der Waals surface area contributed by atoms with Crippen molar-refractivity contribution in [3.05, 3.63) is 18.3 Å². The maximum atomic E-state index is 5.42. The fourth-order valence-corrected chi connectivity index (χ4v) is 3.18. The third-order valence-corrected chi connectivity index (χ3v) is 4.48. The molecule has 0 saturated carbocycles. The molecule has 8 heteroatoms. The number of benzene rings is 1. The fourth-order valence-electron chi connectivity index (χ4n) is 3.18. The average molecular weight is 360 g/mol. The van der Waals surface area contributed by atoms with Gasteiger partial charge in [0.25, 0.3) is 0 Å². The topological polar surface area (TPSA) is 78.8 Å². The van der Waals surface area contributed by atoms with Gasteiger partial charge in [0.2, 0.25) is 11.7 Å². The largest absolute Gasteiger partial charge is 0.493 e. The summed E-state index contributed by atoms with van der Waals surface area (Å²) in [4.78, 5) is 6.82. The van der Waals surface area contributed by atoms with E-state index < -0.39 is 0 Å². The quantitative estimate of drug-likeness (QED) is 0.742. The van der Waals surface area contributed by atoms with Crippen molar-refractivity contribution >= 4 is 5.95 Å². The van der Waals surface area contributed by atoms with Crippen molar-refractivity contribution in [2.45, 2.75) is 6.42 Å². The Morgan fingerprint density at radius 3 is 2.42 bits per heavy atom. The van der Waals surface area contributed by atoms with Crippen LogP contribution in [-0.2, 0) is 4.74 Å². The van der Waals surface area contributed by atoms with Crippen molar-refractivity contribution in [2.24, 2.45) is 5.92 Å². The third-order valence-electron chi connectivity index (χ3n) is 4.48. The Morgan fingerprint density at radius 2 is 1.81 bits per heavy atom. The standard InChI is InChI=1S/C18H24N4O4/c1-23-11-12-5-6-22(10-12)18-20-14(9-19-21-18)13-7-15(24-2)17(26-4)16(8-13)25-3/h7-9,12H,5-6,10-11H2,1-4H3. The Morgan fingerprint density at radius 1 is 1.08 bits per heavy atom. The van der Waals surface area contributed by atoms with E-state index in [1.54, 1.807) is 34.6 Å². The molecule has 0 bridgehead atoms. The van der Waals surface area contributed by atoms with E-state index in [4.69, 9.17) is 18.9 Å². The highest BCUT2D eigenvalue weighted by Gasteiger charge is 2.25. The summed E-state index contributed by atoms with van der Waals surface area (Å²) in [7, 11) is 6.48. The number of rotatable bonds is 7. The van der Waals surface area contributed by atoms with Gasteiger partial charge in [0.1, 0.15) is 0 Å². The number of hydrogen-bond donors (Lipinski definition) is 0. The van der Waals surface area contributed by atoms with Crippen molar-refractivity contribution in [3.63, 3.8) is 0 Å². The van der Waals surface area contributed by atoms with Crippen LogP contribution in [0.4, 0.5) is 5.95 Å². The van der Waals surface area contributed by atoms with Gasteiger partial charge >= 0.3 is 0 Å². The normalized spacial score (nSPS) is 16.6. The van der Waals surface area contributed by atoms with Crippen LogP contribution in [0, 0.1) is 5.92 Å². The first-order valence-corrected chi connectivity index (χ1v) is 8.44. The van der Waals surface area contributed by atoms with Crippen LogP contribution in [-0.4, -0.2) is 63.3 Å². The highest BCUT2D eigenvalue weighted by Crippen LogP contribution is 2.40. The van der Waals surface area contributed by atoms with Gasteiger partial charge in [0, 0.05) is 31.7 Å². The van der Waals surface area contributed by atoms with Crippen LogP contribution in [0.15, 0.2) is 18.3 Å². The Kier molecular flexibility index (Phi) is 5.72. The summed E-state index contributed by atoms with van der Waals surface area (Å²) < 4.78 is 21.5. The second kappa shape index (κ2) is 8.18. The van der Waals surface area contributed by atoms with E-state index in [-0.39, 0.29) is 0 Å². The van der Waals surface area contributed by atoms with Gasteiger partial charge in [-0.05, 0) is 18.6 Å². The average Bonchev–Trinajstić information content (AvgIpc) is 3.16. The number of hydrogen-bond acceptors (Lipinski definition) is 8. The summed E-state index contributed by atoms with van der Waals surface area (Å²) in [5.41, 5.74) is 1.52. The zero-order valence-electron chi connectivity index (χ0n) is 15.6. The van der Waals surface area contributed by atoms with E-state index in [1.165, 1.54) is 0 Å². The predicted molar refractivity (Wildman–Crippen MR) is 97.1 cm³/mol. The highest BCUT2D eigenvalue weighted by atomic mass is 16.5. The Balaban J connectivity index is 1.91. The van der Waals surface area contributed by atoms with Crippen molar-refractivity contribution in [3.8, 4) is 28.5 Å². The van der Waals surface area contributed by atoms with Crippen molar-refractivity contribution in [2.75, 3.05) is 53.0 Å². The molecule has 3 rings (SSSR count). The molecule has 0 amide bonds. The summed E-state index contributed by atoms with van der Waals surface area (Å²) in [5.74, 6) is 2.80. The zero-order valence-corrected chi connectivity index (χ0v) is 15.6. The Hall–Kier alpha value is -2.61. The lowest BCUT2D eigenvalue weighted by atomic mass is 10.1. The van der Waals surface area contributed by atoms with Crippen LogP contribution < -0.4 is 19.1 Å². The maximum absolute atomic E-state index is 5.42. The lowest BCUT2D eigenvalue weighted by Gasteiger charge is -2.17. The maximum Gasteiger partial charge on any atom is 0.245 e. The second-order valence-corrected chi connectivity index (χ2v) is 6.11. The molecule has 1 atom stereocenters. The lowest BCUT2D eigenvalue weighted by molar-refractivity contribution is 0.161. The van der Waals surface area contributed by atoms with E-state index >= 15 is 0 Å². The van der Waals surface area contributed by atoms with Crippen LogP contribution in [0.1, 0.15) is 6.42 Å². The first-order chi connectivity index (χ1) is 12.7. The fraction of sp³-hybridized carbons (Fsp3) is 0.500. The molecule has 1 aliphatic rings. The summed E-state index contributed by atoms with van der Waals surface area (Å²) in [5, 5.41) is 8.33. The van der Waals surface area contributed by atoms with Crippen molar-refractivity contribution < 1.29 is 18.9 Å². The molecular weight excluding hydrogens is 336 g/mol. The number of methoxy groups -OCH3 is 4. The second-order valence-electron chi connectivity index (χ2n) is 6.11. The molecular formula is C18H24N4O4. The summed E-state index contributed by atoms with van der Waals surface area (Å²) >= 11 is 0. The van der Waals surface area contributed by atoms with Gasteiger partial charge in [-0.2, -0.15) is 5.10 Å². The van der Waals surface area contributed by atoms with Crippen LogP contribution in [0.5, 0.6) is 17.2 Å². The van der Waals surface area contributed by atoms with E-state index in [1.807, 2.05) is 12.1 Å². The zero-order chi connectivity index (χ0) is 18.5. The first kappa shape index (κ1) is 18.2. The Labute approximate surface area is 153 Å². The van der Waals surface area contributed by atoms with Crippen LogP contribution >= 0.6 is 0 Å². The van der Waals surface area contributed by atoms with E-state index in [0.717, 1.165) is 31.7 Å². The van der Waals surface area contributed by atoms with Gasteiger partial charge in [-0.1, -0.05) is 0 Å². The van der Waals surface area contributed by atoms with Gasteiger partial charge in [0.15, 0.2) is 11.5 Å². The summed E-state index contributed by atoms with van der Waals surface area (Å²) in [6.07, 6.45) is 2.69. The molecule has 1 aliphatic heterocycles. The molecule has 1 unspecified atom stereocenters. The molecule has 1 aromatic heterocycles. The summed E-state index contributed by atoms with van der Waals surface area (Å²) in [6.45, 7) is 2.51. The molecule has 26 heavy (non-hydrogen) atoms. The summed E-state index contributed by atoms with van der Waals surface area (Å²) in [6, 6.07) is 3.71. The number of anilines is 1. The molecule has 0 N–H and O–H groups in total. The van der Waals surface area contributed by atoms with Gasteiger partial charge in [-0.15, -0.1) is 5.10 Å². The highest BCUT2D eigenvalue weighted by molar-refractivity contribution is 5.68. The van der Waals surface area contributed by atoms with Gasteiger partial charge < -0.3 is 23.8 Å². The van der Waals surface area contributed by atoms with Crippen molar-refractivity contribution in [1.29, 1.82) is 0 Å². The van der Waals surface area contributed by atoms with Gasteiger partial charge in [0.05, 0.1) is 39.8 Å². The minimum Gasteiger partial charge on any atom is -0.493 e. The minimum absolute atomic E-state index is 0.494. The van der Waals surface area contributed by atoms with Crippen LogP contribution in [0.3, 0.4) is 0 Å². The molecule has 0 spiro atoms. The molecule has 2 aromatic rings. The third kappa shape index (κ3) is 3.65. The first-order valence-electron chi connectivity index (χ1n) is 8.44. The molecule has 140 valence electrons. The molecule has 1 saturated heterocycles. The van der Waals surface area contributed by atoms with Gasteiger partial charge in [-0.3, -0.25) is 0 Å². The van der Waals surface area contributed by atoms with E-state index in [0.29, 0.717) is 34.8 Å². The van der Waals surface area contributed by atoms with E-state index in [2.05, 4.69) is 20.1 Å². The van der Waals surface area contributed by atoms with Crippen LogP contribution in [0.2, 0.25) is 0 Å². The Bertz CT molecular complexity index is 731. The molecule has 0 aliphatic carbocycles. The molecule has 1 fully saturated rings. The molecule has 0 radical (unpaired) electrons. The van der Waals surface area contributed by atoms with Crippen LogP contribution in [0.25, 0.3) is 11.3 Å². The molecule has 1 aromatic carbocycles. The smallest absolute Gasteiger partial charge is 0.245 e.